The Morgan fingerprint density at radius 2 is 1.92 bits per heavy atom. The molecule has 2 aromatic rings. The molecule has 0 bridgehead atoms. The molecule has 0 aliphatic carbocycles. The van der Waals surface area contributed by atoms with E-state index in [0.717, 1.165) is 5.75 Å². The van der Waals surface area contributed by atoms with Gasteiger partial charge in [-0.05, 0) is 37.6 Å². The average Bonchev–Trinajstić information content (AvgIpc) is 2.59. The van der Waals surface area contributed by atoms with E-state index >= 15 is 0 Å². The molecule has 1 N–H and O–H groups in total. The maximum atomic E-state index is 13.6. The van der Waals surface area contributed by atoms with Crippen molar-refractivity contribution in [1.29, 1.82) is 0 Å². The third-order valence-electron chi connectivity index (χ3n) is 3.46. The zero-order valence-electron chi connectivity index (χ0n) is 13.9. The predicted octanol–water partition coefficient (Wildman–Crippen LogP) is 4.20. The first-order valence-electron chi connectivity index (χ1n) is 7.98. The van der Waals surface area contributed by atoms with Crippen LogP contribution in [-0.4, -0.2) is 24.3 Å². The quantitative estimate of drug-likeness (QED) is 0.574. The highest BCUT2D eigenvalue weighted by molar-refractivity contribution is 7.99. The smallest absolute Gasteiger partial charge is 0.261 e. The Kier molecular flexibility index (Phi) is 7.12. The minimum atomic E-state index is -0.689. The van der Waals surface area contributed by atoms with Gasteiger partial charge in [0.15, 0.2) is 17.7 Å². The van der Waals surface area contributed by atoms with Crippen molar-refractivity contribution in [1.82, 2.24) is 5.32 Å². The molecule has 0 aliphatic heterocycles. The number of thioether (sulfide) groups is 1. The number of carbonyl (C=O) groups is 1. The van der Waals surface area contributed by atoms with E-state index in [4.69, 9.17) is 4.74 Å². The highest BCUT2D eigenvalue weighted by Crippen LogP contribution is 2.19. The lowest BCUT2D eigenvalue weighted by molar-refractivity contribution is -0.128. The number of hydrogen-bond donors (Lipinski definition) is 1. The van der Waals surface area contributed by atoms with Crippen LogP contribution in [0.1, 0.15) is 18.9 Å². The Labute approximate surface area is 146 Å². The minimum Gasteiger partial charge on any atom is -0.478 e. The van der Waals surface area contributed by atoms with Gasteiger partial charge < -0.3 is 10.1 Å². The molecule has 0 saturated carbocycles. The van der Waals surface area contributed by atoms with Crippen molar-refractivity contribution in [3.63, 3.8) is 0 Å². The molecule has 1 amide bonds. The number of aryl methyl sites for hydroxylation is 1. The number of para-hydroxylation sites is 1. The lowest BCUT2D eigenvalue weighted by Gasteiger charge is -2.17. The van der Waals surface area contributed by atoms with E-state index in [1.165, 1.54) is 22.6 Å². The van der Waals surface area contributed by atoms with Crippen LogP contribution in [0.2, 0.25) is 0 Å². The third kappa shape index (κ3) is 5.57. The van der Waals surface area contributed by atoms with Gasteiger partial charge in [0, 0.05) is 17.2 Å². The maximum Gasteiger partial charge on any atom is 0.261 e. The summed E-state index contributed by atoms with van der Waals surface area (Å²) in [5.74, 6) is 0.197. The Hall–Kier alpha value is -2.01. The zero-order chi connectivity index (χ0) is 17.4. The van der Waals surface area contributed by atoms with Gasteiger partial charge in [-0.3, -0.25) is 4.79 Å². The van der Waals surface area contributed by atoms with Crippen LogP contribution in [-0.2, 0) is 4.79 Å². The van der Waals surface area contributed by atoms with Crippen molar-refractivity contribution in [3.05, 3.63) is 59.9 Å². The van der Waals surface area contributed by atoms with Gasteiger partial charge in [-0.1, -0.05) is 36.8 Å². The van der Waals surface area contributed by atoms with Crippen molar-refractivity contribution in [2.75, 3.05) is 12.3 Å². The molecule has 0 radical (unpaired) electrons. The average molecular weight is 347 g/mol. The molecule has 0 heterocycles. The van der Waals surface area contributed by atoms with E-state index in [-0.39, 0.29) is 11.7 Å². The van der Waals surface area contributed by atoms with Crippen LogP contribution >= 0.6 is 11.8 Å². The lowest BCUT2D eigenvalue weighted by Crippen LogP contribution is -2.39. The Morgan fingerprint density at radius 1 is 1.21 bits per heavy atom. The van der Waals surface area contributed by atoms with Gasteiger partial charge in [0.1, 0.15) is 0 Å². The molecule has 0 spiro atoms. The fraction of sp³-hybridized carbons (Fsp3) is 0.316. The largest absolute Gasteiger partial charge is 0.478 e. The molecular weight excluding hydrogens is 325 g/mol. The molecule has 5 heteroatoms. The van der Waals surface area contributed by atoms with E-state index in [1.54, 1.807) is 23.9 Å². The fourth-order valence-electron chi connectivity index (χ4n) is 2.11. The van der Waals surface area contributed by atoms with Crippen LogP contribution in [0.25, 0.3) is 0 Å². The van der Waals surface area contributed by atoms with Gasteiger partial charge >= 0.3 is 0 Å². The normalized spacial score (nSPS) is 11.8. The first-order valence-corrected chi connectivity index (χ1v) is 8.97. The van der Waals surface area contributed by atoms with Crippen molar-refractivity contribution in [2.24, 2.45) is 0 Å². The molecule has 1 atom stereocenters. The summed E-state index contributed by atoms with van der Waals surface area (Å²) in [5, 5.41) is 2.85. The van der Waals surface area contributed by atoms with Crippen LogP contribution in [0.15, 0.2) is 53.4 Å². The minimum absolute atomic E-state index is 0.105. The Bertz CT molecular complexity index is 661. The summed E-state index contributed by atoms with van der Waals surface area (Å²) in [4.78, 5) is 13.3. The van der Waals surface area contributed by atoms with Gasteiger partial charge in [-0.15, -0.1) is 11.8 Å². The molecular formula is C19H22FNO2S. The highest BCUT2D eigenvalue weighted by atomic mass is 32.2. The monoisotopic (exact) mass is 347 g/mol. The van der Waals surface area contributed by atoms with Gasteiger partial charge in [-0.2, -0.15) is 0 Å². The van der Waals surface area contributed by atoms with E-state index in [1.807, 2.05) is 6.92 Å². The number of benzene rings is 2. The Morgan fingerprint density at radius 3 is 2.58 bits per heavy atom. The molecule has 0 unspecified atom stereocenters. The molecule has 3 nitrogen and oxygen atoms in total. The second kappa shape index (κ2) is 9.33. The standard InChI is InChI=1S/C19H22FNO2S/c1-3-17(23-18-7-5-4-6-16(18)20)19(22)21-12-13-24-15-10-8-14(2)9-11-15/h4-11,17H,3,12-13H2,1-2H3,(H,21,22)/t17-/m0/s1. The summed E-state index contributed by atoms with van der Waals surface area (Å²) in [6, 6.07) is 14.4. The molecule has 0 fully saturated rings. The third-order valence-corrected chi connectivity index (χ3v) is 4.47. The number of ether oxygens (including phenoxy) is 1. The number of rotatable bonds is 8. The van der Waals surface area contributed by atoms with Gasteiger partial charge in [0.2, 0.25) is 0 Å². The van der Waals surface area contributed by atoms with Crippen LogP contribution in [0, 0.1) is 12.7 Å². The fourth-order valence-corrected chi connectivity index (χ4v) is 2.88. The number of halogens is 1. The van der Waals surface area contributed by atoms with E-state index in [9.17, 15) is 9.18 Å². The summed E-state index contributed by atoms with van der Waals surface area (Å²) in [7, 11) is 0. The van der Waals surface area contributed by atoms with Gasteiger partial charge in [0.25, 0.3) is 5.91 Å². The van der Waals surface area contributed by atoms with Crippen LogP contribution in [0.3, 0.4) is 0 Å². The molecule has 24 heavy (non-hydrogen) atoms. The molecule has 2 aromatic carbocycles. The number of amides is 1. The second-order valence-electron chi connectivity index (χ2n) is 5.40. The van der Waals surface area contributed by atoms with Crippen LogP contribution in [0.4, 0.5) is 4.39 Å². The van der Waals surface area contributed by atoms with Crippen LogP contribution < -0.4 is 10.1 Å². The molecule has 0 aromatic heterocycles. The first kappa shape index (κ1) is 18.3. The molecule has 0 aliphatic rings. The van der Waals surface area contributed by atoms with Crippen molar-refractivity contribution < 1.29 is 13.9 Å². The Balaban J connectivity index is 1.77. The number of carbonyl (C=O) groups excluding carboxylic acids is 1. The zero-order valence-corrected chi connectivity index (χ0v) is 14.7. The van der Waals surface area contributed by atoms with E-state index in [0.29, 0.717) is 13.0 Å². The topological polar surface area (TPSA) is 38.3 Å². The van der Waals surface area contributed by atoms with Gasteiger partial charge in [-0.25, -0.2) is 4.39 Å². The number of hydrogen-bond acceptors (Lipinski definition) is 3. The highest BCUT2D eigenvalue weighted by Gasteiger charge is 2.19. The van der Waals surface area contributed by atoms with Crippen molar-refractivity contribution in [2.45, 2.75) is 31.3 Å². The summed E-state index contributed by atoms with van der Waals surface area (Å²) in [5.41, 5.74) is 1.23. The molecule has 2 rings (SSSR count). The van der Waals surface area contributed by atoms with Crippen LogP contribution in [0.5, 0.6) is 5.75 Å². The predicted molar refractivity (Wildman–Crippen MR) is 96.0 cm³/mol. The summed E-state index contributed by atoms with van der Waals surface area (Å²) in [6.45, 7) is 4.43. The maximum absolute atomic E-state index is 13.6. The molecule has 0 saturated heterocycles. The summed E-state index contributed by atoms with van der Waals surface area (Å²) >= 11 is 1.68. The summed E-state index contributed by atoms with van der Waals surface area (Å²) in [6.07, 6.45) is -0.211. The van der Waals surface area contributed by atoms with Gasteiger partial charge in [0.05, 0.1) is 0 Å². The lowest BCUT2D eigenvalue weighted by atomic mass is 10.2. The van der Waals surface area contributed by atoms with E-state index in [2.05, 4.69) is 36.5 Å². The first-order chi connectivity index (χ1) is 11.6. The van der Waals surface area contributed by atoms with E-state index < -0.39 is 11.9 Å². The van der Waals surface area contributed by atoms with Crippen molar-refractivity contribution >= 4 is 17.7 Å². The SMILES string of the molecule is CC[C@H](Oc1ccccc1F)C(=O)NCCSc1ccc(C)cc1. The summed E-state index contributed by atoms with van der Waals surface area (Å²) < 4.78 is 19.1. The second-order valence-corrected chi connectivity index (χ2v) is 6.57. The van der Waals surface area contributed by atoms with Crippen molar-refractivity contribution in [3.8, 4) is 5.75 Å². The molecule has 128 valence electrons. The number of nitrogens with one attached hydrogen (secondary N) is 1.